The topological polar surface area (TPSA) is 47.2 Å². The average Bonchev–Trinajstić information content (AvgIpc) is 2.37. The molecule has 0 fully saturated rings. The molecule has 0 aliphatic rings. The predicted molar refractivity (Wildman–Crippen MR) is 44.8 cm³/mol. The molecule has 0 saturated heterocycles. The maximum absolute atomic E-state index is 9.98. The molecule has 0 radical (unpaired) electrons. The van der Waals surface area contributed by atoms with Gasteiger partial charge in [0.25, 0.3) is 0 Å². The van der Waals surface area contributed by atoms with Crippen LogP contribution >= 0.6 is 0 Å². The van der Waals surface area contributed by atoms with Gasteiger partial charge in [-0.3, -0.25) is 0 Å². The van der Waals surface area contributed by atoms with Crippen LogP contribution in [0, 0.1) is 5.92 Å². The minimum absolute atomic E-state index is 0.491. The van der Waals surface area contributed by atoms with Gasteiger partial charge in [0.2, 0.25) is 6.08 Å². The molecule has 0 bridgehead atoms. The summed E-state index contributed by atoms with van der Waals surface area (Å²) >= 11 is 0. The molecule has 0 spiro atoms. The van der Waals surface area contributed by atoms with E-state index in [1.54, 1.807) is 16.9 Å². The van der Waals surface area contributed by atoms with E-state index in [2.05, 4.69) is 23.9 Å². The molecule has 0 aliphatic carbocycles. The highest BCUT2D eigenvalue weighted by Crippen LogP contribution is 2.11. The molecule has 0 amide bonds. The molecule has 0 atom stereocenters. The first-order valence-corrected chi connectivity index (χ1v) is 3.83. The Bertz CT molecular complexity index is 297. The van der Waals surface area contributed by atoms with Gasteiger partial charge in [0.15, 0.2) is 5.82 Å². The monoisotopic (exact) mass is 165 g/mol. The molecule has 0 unspecified atom stereocenters. The van der Waals surface area contributed by atoms with E-state index in [1.807, 2.05) is 0 Å². The third-order valence-electron chi connectivity index (χ3n) is 1.39. The zero-order valence-corrected chi connectivity index (χ0v) is 7.19. The van der Waals surface area contributed by atoms with Crippen molar-refractivity contribution in [2.75, 3.05) is 0 Å². The molecule has 1 rings (SSSR count). The van der Waals surface area contributed by atoms with Crippen LogP contribution in [0.15, 0.2) is 17.3 Å². The summed E-state index contributed by atoms with van der Waals surface area (Å²) in [5.74, 6) is 1.06. The molecule has 0 saturated carbocycles. The molecule has 0 aliphatic heterocycles. The summed E-state index contributed by atoms with van der Waals surface area (Å²) in [4.78, 5) is 13.5. The number of aromatic nitrogens is 2. The van der Waals surface area contributed by atoms with E-state index >= 15 is 0 Å². The standard InChI is InChI=1S/C8H11N3O/c1-7(2)5-11-8(9-6-12)3-4-10-11/h3-4,7H,5H2,1-2H3. The van der Waals surface area contributed by atoms with Crippen molar-refractivity contribution in [2.24, 2.45) is 10.9 Å². The Balaban J connectivity index is 2.83. The van der Waals surface area contributed by atoms with Crippen LogP contribution in [0.5, 0.6) is 0 Å². The van der Waals surface area contributed by atoms with Gasteiger partial charge < -0.3 is 0 Å². The van der Waals surface area contributed by atoms with E-state index in [1.165, 1.54) is 6.08 Å². The van der Waals surface area contributed by atoms with Crippen LogP contribution in [0.4, 0.5) is 5.82 Å². The minimum Gasteiger partial charge on any atom is -0.247 e. The smallest absolute Gasteiger partial charge is 0.242 e. The van der Waals surface area contributed by atoms with Crippen molar-refractivity contribution in [2.45, 2.75) is 20.4 Å². The highest BCUT2D eigenvalue weighted by Gasteiger charge is 2.01. The second-order valence-electron chi connectivity index (χ2n) is 2.97. The van der Waals surface area contributed by atoms with Crippen LogP contribution in [-0.2, 0) is 11.3 Å². The van der Waals surface area contributed by atoms with E-state index in [-0.39, 0.29) is 0 Å². The fourth-order valence-corrected chi connectivity index (χ4v) is 0.954. The summed E-state index contributed by atoms with van der Waals surface area (Å²) in [5.41, 5.74) is 0. The number of aliphatic imine (C=N–C) groups is 1. The van der Waals surface area contributed by atoms with Gasteiger partial charge in [-0.05, 0) is 5.92 Å². The summed E-state index contributed by atoms with van der Waals surface area (Å²) in [5, 5.41) is 4.02. The number of hydrogen-bond acceptors (Lipinski definition) is 3. The van der Waals surface area contributed by atoms with Crippen molar-refractivity contribution in [1.82, 2.24) is 9.78 Å². The van der Waals surface area contributed by atoms with Crippen LogP contribution in [0.2, 0.25) is 0 Å². The molecule has 1 aromatic heterocycles. The Hall–Kier alpha value is -1.41. The summed E-state index contributed by atoms with van der Waals surface area (Å²) in [6.07, 6.45) is 3.12. The molecular weight excluding hydrogens is 154 g/mol. The first kappa shape index (κ1) is 8.68. The second kappa shape index (κ2) is 3.83. The van der Waals surface area contributed by atoms with Crippen molar-refractivity contribution >= 4 is 11.9 Å². The fraction of sp³-hybridized carbons (Fsp3) is 0.500. The number of nitrogens with zero attached hydrogens (tertiary/aromatic N) is 3. The van der Waals surface area contributed by atoms with Gasteiger partial charge in [0.05, 0.1) is 6.20 Å². The third kappa shape index (κ3) is 2.04. The van der Waals surface area contributed by atoms with Crippen molar-refractivity contribution < 1.29 is 4.79 Å². The quantitative estimate of drug-likeness (QED) is 0.503. The van der Waals surface area contributed by atoms with Crippen LogP contribution in [0.3, 0.4) is 0 Å². The van der Waals surface area contributed by atoms with Gasteiger partial charge in [-0.15, -0.1) is 4.99 Å². The molecule has 4 nitrogen and oxygen atoms in total. The van der Waals surface area contributed by atoms with Crippen molar-refractivity contribution in [3.8, 4) is 0 Å². The molecule has 12 heavy (non-hydrogen) atoms. The van der Waals surface area contributed by atoms with Gasteiger partial charge in [-0.2, -0.15) is 5.10 Å². The average molecular weight is 165 g/mol. The van der Waals surface area contributed by atoms with Crippen LogP contribution in [0.25, 0.3) is 0 Å². The van der Waals surface area contributed by atoms with Crippen molar-refractivity contribution in [3.63, 3.8) is 0 Å². The zero-order chi connectivity index (χ0) is 8.97. The third-order valence-corrected chi connectivity index (χ3v) is 1.39. The van der Waals surface area contributed by atoms with E-state index in [9.17, 15) is 4.79 Å². The van der Waals surface area contributed by atoms with Gasteiger partial charge in [0.1, 0.15) is 0 Å². The first-order chi connectivity index (χ1) is 5.74. The van der Waals surface area contributed by atoms with E-state index in [0.717, 1.165) is 6.54 Å². The van der Waals surface area contributed by atoms with Gasteiger partial charge >= 0.3 is 0 Å². The minimum atomic E-state index is 0.491. The molecular formula is C8H11N3O. The zero-order valence-electron chi connectivity index (χ0n) is 7.19. The van der Waals surface area contributed by atoms with Crippen LogP contribution in [0.1, 0.15) is 13.8 Å². The predicted octanol–water partition coefficient (Wildman–Crippen LogP) is 1.51. The van der Waals surface area contributed by atoms with Gasteiger partial charge in [-0.25, -0.2) is 9.48 Å². The first-order valence-electron chi connectivity index (χ1n) is 3.83. The lowest BCUT2D eigenvalue weighted by Crippen LogP contribution is -2.05. The number of hydrogen-bond donors (Lipinski definition) is 0. The van der Waals surface area contributed by atoms with Crippen LogP contribution < -0.4 is 0 Å². The Labute approximate surface area is 70.9 Å². The lowest BCUT2D eigenvalue weighted by Gasteiger charge is -2.05. The second-order valence-corrected chi connectivity index (χ2v) is 2.97. The normalized spacial score (nSPS) is 9.92. The Morgan fingerprint density at radius 1 is 1.75 bits per heavy atom. The molecule has 64 valence electrons. The Morgan fingerprint density at radius 3 is 3.08 bits per heavy atom. The Kier molecular flexibility index (Phi) is 2.77. The highest BCUT2D eigenvalue weighted by atomic mass is 16.1. The Morgan fingerprint density at radius 2 is 2.50 bits per heavy atom. The summed E-state index contributed by atoms with van der Waals surface area (Å²) < 4.78 is 1.69. The van der Waals surface area contributed by atoms with E-state index in [0.29, 0.717) is 11.7 Å². The number of carbonyl (C=O) groups excluding carboxylic acids is 1. The SMILES string of the molecule is CC(C)Cn1nccc1N=C=O. The summed E-state index contributed by atoms with van der Waals surface area (Å²) in [6.45, 7) is 4.93. The molecule has 0 aromatic carbocycles. The maximum atomic E-state index is 9.98. The van der Waals surface area contributed by atoms with Crippen LogP contribution in [-0.4, -0.2) is 15.9 Å². The highest BCUT2D eigenvalue weighted by molar-refractivity contribution is 5.44. The van der Waals surface area contributed by atoms with Crippen molar-refractivity contribution in [1.29, 1.82) is 0 Å². The lowest BCUT2D eigenvalue weighted by molar-refractivity contribution is 0.485. The largest absolute Gasteiger partial charge is 0.247 e. The van der Waals surface area contributed by atoms with Gasteiger partial charge in [0, 0.05) is 12.6 Å². The lowest BCUT2D eigenvalue weighted by atomic mass is 10.2. The molecule has 4 heteroatoms. The molecule has 1 aromatic rings. The number of rotatable bonds is 3. The van der Waals surface area contributed by atoms with Crippen molar-refractivity contribution in [3.05, 3.63) is 12.3 Å². The fourth-order valence-electron chi connectivity index (χ4n) is 0.954. The van der Waals surface area contributed by atoms with E-state index < -0.39 is 0 Å². The summed E-state index contributed by atoms with van der Waals surface area (Å²) in [6, 6.07) is 1.69. The molecule has 1 heterocycles. The number of isocyanates is 1. The maximum Gasteiger partial charge on any atom is 0.242 e. The summed E-state index contributed by atoms with van der Waals surface area (Å²) in [7, 11) is 0. The van der Waals surface area contributed by atoms with Gasteiger partial charge in [-0.1, -0.05) is 13.8 Å². The molecule has 0 N–H and O–H groups in total. The van der Waals surface area contributed by atoms with E-state index in [4.69, 9.17) is 0 Å².